The Morgan fingerprint density at radius 3 is 2.68 bits per heavy atom. The smallest absolute Gasteiger partial charge is 0.277 e. The van der Waals surface area contributed by atoms with Gasteiger partial charge in [-0.15, -0.1) is 0 Å². The van der Waals surface area contributed by atoms with E-state index in [1.165, 1.54) is 6.20 Å². The second kappa shape index (κ2) is 6.23. The molecule has 0 saturated carbocycles. The van der Waals surface area contributed by atoms with Crippen LogP contribution in [0.25, 0.3) is 5.69 Å². The third kappa shape index (κ3) is 3.30. The van der Waals surface area contributed by atoms with Crippen LogP contribution in [-0.2, 0) is 0 Å². The molecule has 2 rings (SSSR count). The minimum absolute atomic E-state index is 0.260. The number of carbonyl (C=O) groups is 1. The summed E-state index contributed by atoms with van der Waals surface area (Å²) in [7, 11) is 0. The lowest BCUT2D eigenvalue weighted by Gasteiger charge is -2.14. The minimum atomic E-state index is -3.12. The van der Waals surface area contributed by atoms with Gasteiger partial charge in [0.2, 0.25) is 0 Å². The molecule has 0 aliphatic rings. The molecule has 5 nitrogen and oxygen atoms in total. The number of aromatic nitrogens is 2. The molecule has 22 heavy (non-hydrogen) atoms. The Kier molecular flexibility index (Phi) is 4.56. The Morgan fingerprint density at radius 2 is 2.05 bits per heavy atom. The maximum Gasteiger partial charge on any atom is 0.277 e. The van der Waals surface area contributed by atoms with Crippen molar-refractivity contribution in [2.24, 2.45) is 5.73 Å². The standard InChI is InChI=1S/C15H18F2N4O/c1-10-5-3-4-6-13(10)21-11(2)12(7-20-21)14(22)19-9-15(16,17)8-18/h3-7H,8-9,18H2,1-2H3,(H,19,22). The van der Waals surface area contributed by atoms with E-state index in [0.29, 0.717) is 5.69 Å². The zero-order valence-corrected chi connectivity index (χ0v) is 12.4. The van der Waals surface area contributed by atoms with Crippen LogP contribution in [0.5, 0.6) is 0 Å². The Labute approximate surface area is 127 Å². The summed E-state index contributed by atoms with van der Waals surface area (Å²) in [6.45, 7) is 2.04. The van der Waals surface area contributed by atoms with Gasteiger partial charge >= 0.3 is 0 Å². The fraction of sp³-hybridized carbons (Fsp3) is 0.333. The molecule has 1 amide bonds. The Hall–Kier alpha value is -2.28. The van der Waals surface area contributed by atoms with Gasteiger partial charge in [-0.3, -0.25) is 4.79 Å². The number of nitrogens with one attached hydrogen (secondary N) is 1. The number of nitrogens with zero attached hydrogens (tertiary/aromatic N) is 2. The molecule has 1 aromatic carbocycles. The first kappa shape index (κ1) is 16.1. The maximum atomic E-state index is 13.1. The average Bonchev–Trinajstić information content (AvgIpc) is 2.87. The maximum absolute atomic E-state index is 13.1. The highest BCUT2D eigenvalue weighted by molar-refractivity contribution is 5.95. The topological polar surface area (TPSA) is 72.9 Å². The molecule has 0 atom stereocenters. The monoisotopic (exact) mass is 308 g/mol. The summed E-state index contributed by atoms with van der Waals surface area (Å²) >= 11 is 0. The second-order valence-corrected chi connectivity index (χ2v) is 5.08. The number of hydrogen-bond donors (Lipinski definition) is 2. The first-order valence-corrected chi connectivity index (χ1v) is 6.82. The van der Waals surface area contributed by atoms with E-state index in [4.69, 9.17) is 5.73 Å². The normalized spacial score (nSPS) is 11.5. The Bertz CT molecular complexity index is 682. The Morgan fingerprint density at radius 1 is 1.36 bits per heavy atom. The quantitative estimate of drug-likeness (QED) is 0.885. The largest absolute Gasteiger partial charge is 0.346 e. The van der Waals surface area contributed by atoms with Gasteiger partial charge in [-0.2, -0.15) is 5.10 Å². The summed E-state index contributed by atoms with van der Waals surface area (Å²) < 4.78 is 27.8. The van der Waals surface area contributed by atoms with E-state index in [2.05, 4.69) is 10.4 Å². The van der Waals surface area contributed by atoms with Crippen LogP contribution >= 0.6 is 0 Å². The molecule has 2 aromatic rings. The van der Waals surface area contributed by atoms with Gasteiger partial charge in [0.1, 0.15) is 0 Å². The summed E-state index contributed by atoms with van der Waals surface area (Å²) in [4.78, 5) is 12.0. The van der Waals surface area contributed by atoms with Gasteiger partial charge in [-0.05, 0) is 25.5 Å². The van der Waals surface area contributed by atoms with Gasteiger partial charge in [0.15, 0.2) is 0 Å². The fourth-order valence-electron chi connectivity index (χ4n) is 2.05. The molecule has 7 heteroatoms. The van der Waals surface area contributed by atoms with Gasteiger partial charge in [0.25, 0.3) is 11.8 Å². The van der Waals surface area contributed by atoms with E-state index < -0.39 is 24.9 Å². The number of aryl methyl sites for hydroxylation is 1. The molecular weight excluding hydrogens is 290 g/mol. The summed E-state index contributed by atoms with van der Waals surface area (Å²) in [6.07, 6.45) is 1.37. The molecule has 0 radical (unpaired) electrons. The lowest BCUT2D eigenvalue weighted by atomic mass is 10.2. The van der Waals surface area contributed by atoms with Crippen LogP contribution in [-0.4, -0.2) is 34.7 Å². The van der Waals surface area contributed by atoms with E-state index in [1.54, 1.807) is 11.6 Å². The van der Waals surface area contributed by atoms with Gasteiger partial charge in [-0.25, -0.2) is 13.5 Å². The third-order valence-corrected chi connectivity index (χ3v) is 3.40. The van der Waals surface area contributed by atoms with Crippen molar-refractivity contribution < 1.29 is 13.6 Å². The predicted octanol–water partition coefficient (Wildman–Crippen LogP) is 1.81. The highest BCUT2D eigenvalue weighted by atomic mass is 19.3. The molecule has 0 bridgehead atoms. The second-order valence-electron chi connectivity index (χ2n) is 5.08. The van der Waals surface area contributed by atoms with E-state index in [1.807, 2.05) is 31.2 Å². The minimum Gasteiger partial charge on any atom is -0.346 e. The van der Waals surface area contributed by atoms with Crippen molar-refractivity contribution >= 4 is 5.91 Å². The molecule has 0 fully saturated rings. The number of benzene rings is 1. The molecule has 3 N–H and O–H groups in total. The number of para-hydroxylation sites is 1. The lowest BCUT2D eigenvalue weighted by molar-refractivity contribution is 0.0118. The summed E-state index contributed by atoms with van der Waals surface area (Å²) in [5.41, 5.74) is 7.62. The van der Waals surface area contributed by atoms with Crippen LogP contribution in [0.4, 0.5) is 8.78 Å². The number of carbonyl (C=O) groups excluding carboxylic acids is 1. The molecule has 1 heterocycles. The van der Waals surface area contributed by atoms with Crippen molar-refractivity contribution in [1.82, 2.24) is 15.1 Å². The van der Waals surface area contributed by atoms with Crippen molar-refractivity contribution in [3.63, 3.8) is 0 Å². The number of nitrogens with two attached hydrogens (primary N) is 1. The van der Waals surface area contributed by atoms with Gasteiger partial charge in [-0.1, -0.05) is 18.2 Å². The predicted molar refractivity (Wildman–Crippen MR) is 79.4 cm³/mol. The van der Waals surface area contributed by atoms with Crippen LogP contribution < -0.4 is 11.1 Å². The number of halogens is 2. The molecule has 0 unspecified atom stereocenters. The highest BCUT2D eigenvalue weighted by Crippen LogP contribution is 2.17. The molecule has 0 aliphatic carbocycles. The number of hydrogen-bond acceptors (Lipinski definition) is 3. The molecule has 0 spiro atoms. The van der Waals surface area contributed by atoms with Crippen LogP contribution in [0, 0.1) is 13.8 Å². The molecule has 118 valence electrons. The van der Waals surface area contributed by atoms with Crippen LogP contribution in [0.3, 0.4) is 0 Å². The van der Waals surface area contributed by atoms with Crippen LogP contribution in [0.2, 0.25) is 0 Å². The first-order chi connectivity index (χ1) is 10.4. The number of alkyl halides is 2. The van der Waals surface area contributed by atoms with E-state index in [-0.39, 0.29) is 5.56 Å². The zero-order chi connectivity index (χ0) is 16.3. The third-order valence-electron chi connectivity index (χ3n) is 3.40. The van der Waals surface area contributed by atoms with Crippen molar-refractivity contribution in [2.45, 2.75) is 19.8 Å². The lowest BCUT2D eigenvalue weighted by Crippen LogP contribution is -2.41. The molecule has 0 aliphatic heterocycles. The summed E-state index contributed by atoms with van der Waals surface area (Å²) in [5, 5.41) is 6.36. The molecular formula is C15H18F2N4O. The summed E-state index contributed by atoms with van der Waals surface area (Å²) in [6, 6.07) is 7.57. The van der Waals surface area contributed by atoms with Crippen LogP contribution in [0.15, 0.2) is 30.5 Å². The van der Waals surface area contributed by atoms with E-state index in [0.717, 1.165) is 11.3 Å². The van der Waals surface area contributed by atoms with Gasteiger partial charge < -0.3 is 11.1 Å². The highest BCUT2D eigenvalue weighted by Gasteiger charge is 2.28. The van der Waals surface area contributed by atoms with Crippen LogP contribution in [0.1, 0.15) is 21.6 Å². The summed E-state index contributed by atoms with van der Waals surface area (Å²) in [5.74, 6) is -3.71. The van der Waals surface area contributed by atoms with Crippen molar-refractivity contribution in [1.29, 1.82) is 0 Å². The SMILES string of the molecule is Cc1ccccc1-n1ncc(C(=O)NCC(F)(F)CN)c1C. The average molecular weight is 308 g/mol. The zero-order valence-electron chi connectivity index (χ0n) is 12.4. The molecule has 1 aromatic heterocycles. The van der Waals surface area contributed by atoms with Gasteiger partial charge in [0.05, 0.1) is 36.2 Å². The van der Waals surface area contributed by atoms with Gasteiger partial charge in [0, 0.05) is 0 Å². The fourth-order valence-corrected chi connectivity index (χ4v) is 2.05. The van der Waals surface area contributed by atoms with Crippen molar-refractivity contribution in [2.75, 3.05) is 13.1 Å². The van der Waals surface area contributed by atoms with E-state index >= 15 is 0 Å². The Balaban J connectivity index is 2.21. The number of amides is 1. The van der Waals surface area contributed by atoms with Crippen molar-refractivity contribution in [3.05, 3.63) is 47.3 Å². The molecule has 0 saturated heterocycles. The van der Waals surface area contributed by atoms with E-state index in [9.17, 15) is 13.6 Å². The number of rotatable bonds is 5. The van der Waals surface area contributed by atoms with Crippen molar-refractivity contribution in [3.8, 4) is 5.69 Å². The first-order valence-electron chi connectivity index (χ1n) is 6.82.